The average molecular weight is 278 g/mol. The maximum Gasteiger partial charge on any atom is 0.0332 e. The summed E-state index contributed by atoms with van der Waals surface area (Å²) in [5, 5.41) is 0. The van der Waals surface area contributed by atoms with Crippen LogP contribution in [-0.4, -0.2) is 41.5 Å². The van der Waals surface area contributed by atoms with Gasteiger partial charge >= 0.3 is 0 Å². The van der Waals surface area contributed by atoms with Crippen molar-refractivity contribution in [3.8, 4) is 0 Å². The molecular weight excluding hydrogens is 252 g/mol. The highest BCUT2D eigenvalue weighted by Crippen LogP contribution is 2.28. The van der Waals surface area contributed by atoms with Gasteiger partial charge in [-0.3, -0.25) is 9.80 Å². The summed E-state index contributed by atoms with van der Waals surface area (Å²) in [7, 11) is 0. The van der Waals surface area contributed by atoms with Crippen LogP contribution in [0.4, 0.5) is 0 Å². The highest BCUT2D eigenvalue weighted by Gasteiger charge is 2.35. The summed E-state index contributed by atoms with van der Waals surface area (Å²) < 4.78 is 0. The van der Waals surface area contributed by atoms with E-state index in [0.29, 0.717) is 0 Å². The second-order valence-electron chi connectivity index (χ2n) is 6.00. The van der Waals surface area contributed by atoms with Gasteiger partial charge in [-0.05, 0) is 44.4 Å². The summed E-state index contributed by atoms with van der Waals surface area (Å²) in [6.45, 7) is 9.70. The molecule has 2 unspecified atom stereocenters. The Morgan fingerprint density at radius 1 is 1.21 bits per heavy atom. The summed E-state index contributed by atoms with van der Waals surface area (Å²) in [4.78, 5) is 8.57. The van der Waals surface area contributed by atoms with E-state index in [4.69, 9.17) is 0 Å². The van der Waals surface area contributed by atoms with Crippen molar-refractivity contribution in [1.29, 1.82) is 0 Å². The minimum Gasteiger partial charge on any atom is -0.298 e. The van der Waals surface area contributed by atoms with Crippen LogP contribution in [0.5, 0.6) is 0 Å². The molecule has 2 saturated heterocycles. The zero-order valence-corrected chi connectivity index (χ0v) is 13.1. The molecule has 0 saturated carbocycles. The summed E-state index contributed by atoms with van der Waals surface area (Å²) in [5.74, 6) is 0. The number of aryl methyl sites for hydroxylation is 1. The number of rotatable bonds is 4. The lowest BCUT2D eigenvalue weighted by Crippen LogP contribution is -2.55. The molecule has 2 aliphatic rings. The SMILES string of the molecule is CCc1ccc(CN2CC3CCCN3CC2CC)s1. The van der Waals surface area contributed by atoms with Crippen LogP contribution >= 0.6 is 11.3 Å². The van der Waals surface area contributed by atoms with Crippen LogP contribution in [0.25, 0.3) is 0 Å². The van der Waals surface area contributed by atoms with E-state index in [2.05, 4.69) is 35.8 Å². The zero-order chi connectivity index (χ0) is 13.2. The Bertz CT molecular complexity index is 415. The van der Waals surface area contributed by atoms with Gasteiger partial charge in [0.1, 0.15) is 0 Å². The monoisotopic (exact) mass is 278 g/mol. The van der Waals surface area contributed by atoms with Crippen LogP contribution in [-0.2, 0) is 13.0 Å². The second kappa shape index (κ2) is 5.94. The normalized spacial score (nSPS) is 28.7. The zero-order valence-electron chi connectivity index (χ0n) is 12.3. The van der Waals surface area contributed by atoms with Gasteiger partial charge in [-0.1, -0.05) is 13.8 Å². The Hall–Kier alpha value is -0.380. The Morgan fingerprint density at radius 3 is 2.79 bits per heavy atom. The summed E-state index contributed by atoms with van der Waals surface area (Å²) in [6, 6.07) is 6.26. The molecule has 0 bridgehead atoms. The quantitative estimate of drug-likeness (QED) is 0.833. The van der Waals surface area contributed by atoms with Crippen molar-refractivity contribution in [3.63, 3.8) is 0 Å². The molecule has 0 radical (unpaired) electrons. The van der Waals surface area contributed by atoms with Gasteiger partial charge in [0.2, 0.25) is 0 Å². The third-order valence-corrected chi connectivity index (χ3v) is 6.02. The molecular formula is C16H26N2S. The standard InChI is InChI=1S/C16H26N2S/c1-3-13-10-17-9-5-6-14(17)11-18(13)12-16-8-7-15(4-2)19-16/h7-8,13-14H,3-6,9-12H2,1-2H3. The van der Waals surface area contributed by atoms with E-state index in [-0.39, 0.29) is 0 Å². The van der Waals surface area contributed by atoms with Crippen LogP contribution in [0.2, 0.25) is 0 Å². The smallest absolute Gasteiger partial charge is 0.0332 e. The van der Waals surface area contributed by atoms with Gasteiger partial charge in [-0.15, -0.1) is 11.3 Å². The molecule has 2 fully saturated rings. The van der Waals surface area contributed by atoms with E-state index in [1.807, 2.05) is 11.3 Å². The van der Waals surface area contributed by atoms with E-state index < -0.39 is 0 Å². The minimum atomic E-state index is 0.765. The van der Waals surface area contributed by atoms with E-state index in [9.17, 15) is 0 Å². The summed E-state index contributed by atoms with van der Waals surface area (Å²) in [6.07, 6.45) is 5.29. The van der Waals surface area contributed by atoms with Crippen LogP contribution in [0, 0.1) is 0 Å². The van der Waals surface area contributed by atoms with Crippen LogP contribution in [0.1, 0.15) is 42.9 Å². The number of hydrogen-bond donors (Lipinski definition) is 0. The molecule has 0 spiro atoms. The van der Waals surface area contributed by atoms with Gasteiger partial charge in [-0.25, -0.2) is 0 Å². The van der Waals surface area contributed by atoms with E-state index in [0.717, 1.165) is 12.1 Å². The average Bonchev–Trinajstić information content (AvgIpc) is 3.06. The van der Waals surface area contributed by atoms with Gasteiger partial charge in [-0.2, -0.15) is 0 Å². The molecule has 0 aliphatic carbocycles. The fourth-order valence-corrected chi connectivity index (χ4v) is 4.61. The molecule has 2 atom stereocenters. The van der Waals surface area contributed by atoms with Crippen molar-refractivity contribution >= 4 is 11.3 Å². The molecule has 106 valence electrons. The topological polar surface area (TPSA) is 6.48 Å². The van der Waals surface area contributed by atoms with Crippen LogP contribution in [0.15, 0.2) is 12.1 Å². The molecule has 3 rings (SSSR count). The minimum absolute atomic E-state index is 0.765. The number of nitrogens with zero attached hydrogens (tertiary/aromatic N) is 2. The highest BCUT2D eigenvalue weighted by molar-refractivity contribution is 7.11. The highest BCUT2D eigenvalue weighted by atomic mass is 32.1. The fourth-order valence-electron chi connectivity index (χ4n) is 3.63. The van der Waals surface area contributed by atoms with Crippen molar-refractivity contribution in [3.05, 3.63) is 21.9 Å². The number of thiophene rings is 1. The maximum atomic E-state index is 2.75. The fraction of sp³-hybridized carbons (Fsp3) is 0.750. The van der Waals surface area contributed by atoms with E-state index in [1.54, 1.807) is 4.88 Å². The molecule has 0 aromatic carbocycles. The molecule has 19 heavy (non-hydrogen) atoms. The van der Waals surface area contributed by atoms with Crippen LogP contribution in [0.3, 0.4) is 0 Å². The molecule has 1 aromatic rings. The molecule has 1 aromatic heterocycles. The number of fused-ring (bicyclic) bond motifs is 1. The number of hydrogen-bond acceptors (Lipinski definition) is 3. The third kappa shape index (κ3) is 2.88. The van der Waals surface area contributed by atoms with Gasteiger partial charge in [0.15, 0.2) is 0 Å². The Labute approximate surface area is 121 Å². The first-order valence-electron chi connectivity index (χ1n) is 7.85. The van der Waals surface area contributed by atoms with Crippen molar-refractivity contribution in [2.45, 2.75) is 58.2 Å². The van der Waals surface area contributed by atoms with Crippen molar-refractivity contribution < 1.29 is 0 Å². The van der Waals surface area contributed by atoms with Gasteiger partial charge in [0.25, 0.3) is 0 Å². The van der Waals surface area contributed by atoms with Gasteiger partial charge < -0.3 is 0 Å². The molecule has 2 aliphatic heterocycles. The van der Waals surface area contributed by atoms with Crippen molar-refractivity contribution in [2.75, 3.05) is 19.6 Å². The summed E-state index contributed by atoms with van der Waals surface area (Å²) in [5.41, 5.74) is 0. The molecule has 0 N–H and O–H groups in total. The Morgan fingerprint density at radius 2 is 2.05 bits per heavy atom. The first-order chi connectivity index (χ1) is 9.30. The molecule has 3 heterocycles. The second-order valence-corrected chi connectivity index (χ2v) is 7.26. The first-order valence-corrected chi connectivity index (χ1v) is 8.67. The van der Waals surface area contributed by atoms with E-state index in [1.165, 1.54) is 56.7 Å². The largest absolute Gasteiger partial charge is 0.298 e. The lowest BCUT2D eigenvalue weighted by Gasteiger charge is -2.43. The van der Waals surface area contributed by atoms with Crippen LogP contribution < -0.4 is 0 Å². The predicted molar refractivity (Wildman–Crippen MR) is 82.8 cm³/mol. The first kappa shape index (κ1) is 13.6. The van der Waals surface area contributed by atoms with Crippen molar-refractivity contribution in [1.82, 2.24) is 9.80 Å². The Balaban J connectivity index is 1.67. The molecule has 0 amide bonds. The van der Waals surface area contributed by atoms with Crippen molar-refractivity contribution in [2.24, 2.45) is 0 Å². The maximum absolute atomic E-state index is 2.75. The summed E-state index contributed by atoms with van der Waals surface area (Å²) >= 11 is 2.01. The lowest BCUT2D eigenvalue weighted by atomic mass is 10.1. The molecule has 3 heteroatoms. The molecule has 2 nitrogen and oxygen atoms in total. The van der Waals surface area contributed by atoms with Gasteiger partial charge in [0.05, 0.1) is 0 Å². The third-order valence-electron chi connectivity index (χ3n) is 4.80. The lowest BCUT2D eigenvalue weighted by molar-refractivity contribution is 0.0444. The van der Waals surface area contributed by atoms with E-state index >= 15 is 0 Å². The Kier molecular flexibility index (Phi) is 4.25. The predicted octanol–water partition coefficient (Wildman–Crippen LogP) is 3.37. The number of piperazine rings is 1. The van der Waals surface area contributed by atoms with Gasteiger partial charge in [0, 0.05) is 41.5 Å².